The van der Waals surface area contributed by atoms with Crippen molar-refractivity contribution in [1.82, 2.24) is 0 Å². The first kappa shape index (κ1) is 28.2. The maximum atomic E-state index is 5.96. The molecule has 0 aliphatic rings. The maximum absolute atomic E-state index is 5.96. The molecule has 0 saturated heterocycles. The Morgan fingerprint density at radius 3 is 1.44 bits per heavy atom. The molecular formula is C22H49O2P3. The maximum Gasteiger partial charge on any atom is 0.0618 e. The zero-order valence-electron chi connectivity index (χ0n) is 18.4. The number of unbranched alkanes of at least 4 members (excludes halogenated alkanes) is 11. The average molecular weight is 439 g/mol. The molecule has 0 aromatic carbocycles. The molecule has 0 amide bonds. The second kappa shape index (κ2) is 23.5. The quantitative estimate of drug-likeness (QED) is 0.124. The Hall–Kier alpha value is 1.21. The van der Waals surface area contributed by atoms with Gasteiger partial charge in [0.2, 0.25) is 0 Å². The van der Waals surface area contributed by atoms with Crippen molar-refractivity contribution in [3.8, 4) is 0 Å². The molecule has 0 bridgehead atoms. The summed E-state index contributed by atoms with van der Waals surface area (Å²) in [6.07, 6.45) is 25.0. The van der Waals surface area contributed by atoms with E-state index >= 15 is 0 Å². The van der Waals surface area contributed by atoms with Crippen molar-refractivity contribution < 1.29 is 9.05 Å². The third kappa shape index (κ3) is 20.3. The predicted molar refractivity (Wildman–Crippen MR) is 132 cm³/mol. The van der Waals surface area contributed by atoms with Crippen molar-refractivity contribution in [1.29, 1.82) is 0 Å². The molecule has 0 saturated carbocycles. The van der Waals surface area contributed by atoms with Gasteiger partial charge in [0.1, 0.15) is 0 Å². The van der Waals surface area contributed by atoms with E-state index in [1.54, 1.807) is 0 Å². The second-order valence-corrected chi connectivity index (χ2v) is 9.46. The van der Waals surface area contributed by atoms with E-state index in [1.807, 2.05) is 0 Å². The molecule has 2 nitrogen and oxygen atoms in total. The van der Waals surface area contributed by atoms with Gasteiger partial charge in [0.25, 0.3) is 0 Å². The molecule has 5 heteroatoms. The Morgan fingerprint density at radius 1 is 0.593 bits per heavy atom. The molecule has 0 aliphatic carbocycles. The summed E-state index contributed by atoms with van der Waals surface area (Å²) in [6, 6.07) is 0. The third-order valence-electron chi connectivity index (χ3n) is 5.47. The van der Waals surface area contributed by atoms with Crippen LogP contribution in [0.2, 0.25) is 0 Å². The third-order valence-corrected chi connectivity index (χ3v) is 6.73. The van der Waals surface area contributed by atoms with E-state index in [1.165, 1.54) is 116 Å². The van der Waals surface area contributed by atoms with Gasteiger partial charge in [-0.15, -0.1) is 0 Å². The molecule has 0 radical (unpaired) electrons. The fourth-order valence-electron chi connectivity index (χ4n) is 3.74. The van der Waals surface area contributed by atoms with E-state index in [-0.39, 0.29) is 0 Å². The fourth-order valence-corrected chi connectivity index (χ4v) is 5.02. The van der Waals surface area contributed by atoms with E-state index in [0.717, 1.165) is 0 Å². The van der Waals surface area contributed by atoms with Crippen molar-refractivity contribution in [2.75, 3.05) is 0 Å². The van der Waals surface area contributed by atoms with E-state index in [2.05, 4.69) is 32.2 Å². The summed E-state index contributed by atoms with van der Waals surface area (Å²) < 4.78 is 11.4. The summed E-state index contributed by atoms with van der Waals surface area (Å²) in [4.78, 5) is 0. The largest absolute Gasteiger partial charge is 0.362 e. The van der Waals surface area contributed by atoms with Crippen LogP contribution >= 0.6 is 26.9 Å². The van der Waals surface area contributed by atoms with Crippen molar-refractivity contribution >= 4 is 26.9 Å². The van der Waals surface area contributed by atoms with Gasteiger partial charge in [-0.1, -0.05) is 113 Å². The minimum absolute atomic E-state index is 0.459. The van der Waals surface area contributed by atoms with Crippen LogP contribution in [-0.4, -0.2) is 12.2 Å². The summed E-state index contributed by atoms with van der Waals surface area (Å²) in [5, 5.41) is 0. The molecule has 0 aliphatic heterocycles. The fraction of sp³-hybridized carbons (Fsp3) is 1.00. The van der Waals surface area contributed by atoms with Gasteiger partial charge < -0.3 is 9.05 Å². The molecular weight excluding hydrogens is 389 g/mol. The highest BCUT2D eigenvalue weighted by Gasteiger charge is 2.08. The van der Waals surface area contributed by atoms with Crippen LogP contribution < -0.4 is 0 Å². The first-order chi connectivity index (χ1) is 13.3. The highest BCUT2D eigenvalue weighted by atomic mass is 32.0. The zero-order chi connectivity index (χ0) is 20.0. The van der Waals surface area contributed by atoms with Crippen molar-refractivity contribution in [3.05, 3.63) is 0 Å². The Kier molecular flexibility index (Phi) is 24.5. The van der Waals surface area contributed by atoms with Crippen LogP contribution in [0.3, 0.4) is 0 Å². The van der Waals surface area contributed by atoms with E-state index in [9.17, 15) is 0 Å². The Bertz CT molecular complexity index is 280. The summed E-state index contributed by atoms with van der Waals surface area (Å²) >= 11 is 0. The first-order valence-corrected chi connectivity index (χ1v) is 14.9. The van der Waals surface area contributed by atoms with E-state index in [0.29, 0.717) is 20.7 Å². The Labute approximate surface area is 177 Å². The Morgan fingerprint density at radius 2 is 1.04 bits per heavy atom. The van der Waals surface area contributed by atoms with Gasteiger partial charge in [-0.25, -0.2) is 0 Å². The van der Waals surface area contributed by atoms with Crippen molar-refractivity contribution in [2.45, 2.75) is 142 Å². The second-order valence-electron chi connectivity index (χ2n) is 8.01. The van der Waals surface area contributed by atoms with Crippen LogP contribution in [0.15, 0.2) is 0 Å². The molecule has 0 fully saturated rings. The first-order valence-electron chi connectivity index (χ1n) is 11.7. The zero-order valence-corrected chi connectivity index (χ0v) is 21.7. The standard InChI is InChI=1S/C22H49O2P3/c1-3-5-6-7-11-15-19-22(24-27-26)20-16-13-10-8-9-12-14-18-21(23-25)17-4-2/h21-22,27H,3-20,25-26H2,1-2H3. The topological polar surface area (TPSA) is 18.5 Å². The molecule has 5 atom stereocenters. The lowest BCUT2D eigenvalue weighted by Gasteiger charge is -2.16. The van der Waals surface area contributed by atoms with Gasteiger partial charge in [-0.2, -0.15) is 0 Å². The molecule has 0 heterocycles. The van der Waals surface area contributed by atoms with Gasteiger partial charge in [0.05, 0.1) is 12.2 Å². The van der Waals surface area contributed by atoms with Crippen LogP contribution in [0, 0.1) is 0 Å². The highest BCUT2D eigenvalue weighted by molar-refractivity contribution is 8.00. The molecule has 0 rings (SSSR count). The number of hydrogen-bond acceptors (Lipinski definition) is 2. The molecule has 5 unspecified atom stereocenters. The van der Waals surface area contributed by atoms with Gasteiger partial charge in [0.15, 0.2) is 0 Å². The average Bonchev–Trinajstić information content (AvgIpc) is 2.68. The predicted octanol–water partition coefficient (Wildman–Crippen LogP) is 8.99. The van der Waals surface area contributed by atoms with Gasteiger partial charge >= 0.3 is 0 Å². The normalized spacial score (nSPS) is 14.2. The summed E-state index contributed by atoms with van der Waals surface area (Å²) in [5.74, 6) is 0. The SMILES string of the molecule is CCCCCCCCC(CCCCCCCCCC(CCC)OP)OPP. The summed E-state index contributed by atoms with van der Waals surface area (Å²) in [7, 11) is 5.76. The van der Waals surface area contributed by atoms with Crippen LogP contribution in [-0.2, 0) is 9.05 Å². The smallest absolute Gasteiger partial charge is 0.0618 e. The van der Waals surface area contributed by atoms with Gasteiger partial charge in [-0.05, 0) is 25.7 Å². The summed E-state index contributed by atoms with van der Waals surface area (Å²) in [6.45, 7) is 4.52. The molecule has 0 aromatic heterocycles. The number of rotatable bonds is 22. The van der Waals surface area contributed by atoms with Crippen molar-refractivity contribution in [3.63, 3.8) is 0 Å². The summed E-state index contributed by atoms with van der Waals surface area (Å²) in [5.41, 5.74) is 0. The van der Waals surface area contributed by atoms with Crippen LogP contribution in [0.4, 0.5) is 0 Å². The van der Waals surface area contributed by atoms with Gasteiger partial charge in [0, 0.05) is 18.0 Å². The van der Waals surface area contributed by atoms with E-state index < -0.39 is 0 Å². The van der Waals surface area contributed by atoms with Gasteiger partial charge in [-0.3, -0.25) is 0 Å². The molecule has 0 N–H and O–H groups in total. The molecule has 0 aromatic rings. The van der Waals surface area contributed by atoms with Crippen LogP contribution in [0.5, 0.6) is 0 Å². The van der Waals surface area contributed by atoms with Crippen LogP contribution in [0.25, 0.3) is 0 Å². The monoisotopic (exact) mass is 438 g/mol. The van der Waals surface area contributed by atoms with E-state index in [4.69, 9.17) is 9.05 Å². The highest BCUT2D eigenvalue weighted by Crippen LogP contribution is 2.28. The van der Waals surface area contributed by atoms with Crippen LogP contribution in [0.1, 0.15) is 129 Å². The molecule has 0 spiro atoms. The minimum atomic E-state index is 0.459. The molecule has 164 valence electrons. The number of hydrogen-bond donors (Lipinski definition) is 0. The minimum Gasteiger partial charge on any atom is -0.362 e. The lowest BCUT2D eigenvalue weighted by atomic mass is 10.0. The Balaban J connectivity index is 3.49. The van der Waals surface area contributed by atoms with Crippen molar-refractivity contribution in [2.24, 2.45) is 0 Å². The lowest BCUT2D eigenvalue weighted by Crippen LogP contribution is -2.08. The lowest BCUT2D eigenvalue weighted by molar-refractivity contribution is 0.202. The molecule has 27 heavy (non-hydrogen) atoms.